The number of nitrogens with one attached hydrogen (secondary N) is 1. The number of nitrogens with zero attached hydrogens (tertiary/aromatic N) is 2. The van der Waals surface area contributed by atoms with Gasteiger partial charge in [0.25, 0.3) is 9.70 Å². The summed E-state index contributed by atoms with van der Waals surface area (Å²) in [6, 6.07) is 0. The number of hydrogen-bond donors (Lipinski definition) is 1. The van der Waals surface area contributed by atoms with E-state index in [0.29, 0.717) is 5.13 Å². The summed E-state index contributed by atoms with van der Waals surface area (Å²) in [5.74, 6) is -0.742. The largest absolute Gasteiger partial charge is 0.297 e. The lowest BCUT2D eigenvalue weighted by atomic mass is 10.5. The third kappa shape index (κ3) is 4.40. The van der Waals surface area contributed by atoms with E-state index in [2.05, 4.69) is 31.4 Å². The van der Waals surface area contributed by atoms with E-state index in [9.17, 15) is 4.79 Å². The molecular formula is C6H5BrCl3N3OS. The third-order valence-corrected chi connectivity index (χ3v) is 3.06. The molecule has 0 unspecified atom stereocenters. The fraction of sp³-hybridized carbons (Fsp3) is 0.500. The molecule has 0 spiro atoms. The second kappa shape index (κ2) is 5.63. The van der Waals surface area contributed by atoms with Gasteiger partial charge in [0.05, 0.1) is 0 Å². The minimum atomic E-state index is -1.98. The zero-order chi connectivity index (χ0) is 11.5. The van der Waals surface area contributed by atoms with Gasteiger partial charge in [0.1, 0.15) is 5.01 Å². The van der Waals surface area contributed by atoms with Crippen molar-refractivity contribution in [3.05, 3.63) is 5.01 Å². The zero-order valence-electron chi connectivity index (χ0n) is 7.14. The molecule has 0 aromatic carbocycles. The van der Waals surface area contributed by atoms with Gasteiger partial charge in [0.2, 0.25) is 5.13 Å². The standard InChI is InChI=1S/C6H5BrCl3N3OS/c7-2-1-3-12-13-5(15-3)11-4(14)6(8,9)10/h1-2H2,(H,11,13,14). The van der Waals surface area contributed by atoms with Crippen molar-refractivity contribution >= 4 is 73.1 Å². The maximum atomic E-state index is 11.2. The van der Waals surface area contributed by atoms with E-state index >= 15 is 0 Å². The van der Waals surface area contributed by atoms with E-state index in [0.717, 1.165) is 16.8 Å². The maximum Gasteiger partial charge on any atom is 0.278 e. The van der Waals surface area contributed by atoms with Gasteiger partial charge in [-0.05, 0) is 0 Å². The van der Waals surface area contributed by atoms with Crippen LogP contribution in [0.3, 0.4) is 0 Å². The quantitative estimate of drug-likeness (QED) is 0.850. The smallest absolute Gasteiger partial charge is 0.278 e. The lowest BCUT2D eigenvalue weighted by Gasteiger charge is -2.07. The van der Waals surface area contributed by atoms with Crippen LogP contribution in [-0.4, -0.2) is 25.2 Å². The van der Waals surface area contributed by atoms with E-state index in [1.807, 2.05) is 0 Å². The highest BCUT2D eigenvalue weighted by atomic mass is 79.9. The molecule has 0 fully saturated rings. The van der Waals surface area contributed by atoms with Crippen LogP contribution in [0, 0.1) is 0 Å². The SMILES string of the molecule is O=C(Nc1nnc(CCBr)s1)C(Cl)(Cl)Cl. The van der Waals surface area contributed by atoms with Crippen LogP contribution in [-0.2, 0) is 11.2 Å². The van der Waals surface area contributed by atoms with Crippen LogP contribution in [0.4, 0.5) is 5.13 Å². The van der Waals surface area contributed by atoms with Crippen LogP contribution < -0.4 is 5.32 Å². The molecule has 0 saturated carbocycles. The highest BCUT2D eigenvalue weighted by molar-refractivity contribution is 9.09. The molecule has 4 nitrogen and oxygen atoms in total. The molecule has 84 valence electrons. The predicted octanol–water partition coefficient (Wildman–Crippen LogP) is 2.78. The first-order valence-electron chi connectivity index (χ1n) is 3.70. The number of anilines is 1. The number of hydrogen-bond acceptors (Lipinski definition) is 4. The van der Waals surface area contributed by atoms with Crippen LogP contribution in [0.15, 0.2) is 0 Å². The Hall–Kier alpha value is 0.380. The van der Waals surface area contributed by atoms with E-state index in [4.69, 9.17) is 34.8 Å². The molecular weight excluding hydrogens is 348 g/mol. The minimum absolute atomic E-state index is 0.322. The van der Waals surface area contributed by atoms with Gasteiger partial charge < -0.3 is 0 Å². The first-order valence-corrected chi connectivity index (χ1v) is 6.77. The van der Waals surface area contributed by atoms with Gasteiger partial charge in [-0.15, -0.1) is 10.2 Å². The van der Waals surface area contributed by atoms with Gasteiger partial charge in [0, 0.05) is 11.8 Å². The molecule has 15 heavy (non-hydrogen) atoms. The molecule has 1 aromatic heterocycles. The highest BCUT2D eigenvalue weighted by Crippen LogP contribution is 2.28. The molecule has 0 aliphatic heterocycles. The molecule has 1 heterocycles. The third-order valence-electron chi connectivity index (χ3n) is 1.25. The average molecular weight is 353 g/mol. The second-order valence-corrected chi connectivity index (χ2v) is 6.53. The van der Waals surface area contributed by atoms with E-state index in [1.54, 1.807) is 0 Å². The van der Waals surface area contributed by atoms with Crippen molar-refractivity contribution in [3.63, 3.8) is 0 Å². The van der Waals surface area contributed by atoms with Gasteiger partial charge in [-0.1, -0.05) is 62.1 Å². The molecule has 1 rings (SSSR count). The number of amides is 1. The number of rotatable bonds is 3. The van der Waals surface area contributed by atoms with Crippen molar-refractivity contribution in [1.82, 2.24) is 10.2 Å². The first kappa shape index (κ1) is 13.4. The summed E-state index contributed by atoms with van der Waals surface area (Å²) in [5.41, 5.74) is 0. The van der Waals surface area contributed by atoms with Gasteiger partial charge in [0.15, 0.2) is 0 Å². The number of aryl methyl sites for hydroxylation is 1. The van der Waals surface area contributed by atoms with Crippen molar-refractivity contribution in [2.75, 3.05) is 10.6 Å². The van der Waals surface area contributed by atoms with E-state index in [-0.39, 0.29) is 0 Å². The molecule has 0 atom stereocenters. The summed E-state index contributed by atoms with van der Waals surface area (Å²) in [7, 11) is 0. The summed E-state index contributed by atoms with van der Waals surface area (Å²) < 4.78 is -1.98. The molecule has 1 N–H and O–H groups in total. The lowest BCUT2D eigenvalue weighted by molar-refractivity contribution is -0.115. The fourth-order valence-corrected chi connectivity index (χ4v) is 2.17. The normalized spacial score (nSPS) is 11.5. The topological polar surface area (TPSA) is 54.9 Å². The zero-order valence-corrected chi connectivity index (χ0v) is 11.8. The Morgan fingerprint density at radius 3 is 2.67 bits per heavy atom. The number of carbonyl (C=O) groups excluding carboxylic acids is 1. The van der Waals surface area contributed by atoms with E-state index < -0.39 is 9.70 Å². The molecule has 1 aromatic rings. The molecule has 0 aliphatic carbocycles. The molecule has 0 saturated heterocycles. The van der Waals surface area contributed by atoms with Crippen LogP contribution in [0.25, 0.3) is 0 Å². The molecule has 0 bridgehead atoms. The summed E-state index contributed by atoms with van der Waals surface area (Å²) >= 11 is 20.6. The van der Waals surface area contributed by atoms with Gasteiger partial charge in [-0.3, -0.25) is 10.1 Å². The molecule has 0 aliphatic rings. The first-order chi connectivity index (χ1) is 6.93. The highest BCUT2D eigenvalue weighted by Gasteiger charge is 2.31. The molecule has 0 radical (unpaired) electrons. The van der Waals surface area contributed by atoms with Crippen molar-refractivity contribution < 1.29 is 4.79 Å². The lowest BCUT2D eigenvalue weighted by Crippen LogP contribution is -2.26. The number of carbonyl (C=O) groups is 1. The number of halogens is 4. The van der Waals surface area contributed by atoms with Gasteiger partial charge in [-0.2, -0.15) is 0 Å². The van der Waals surface area contributed by atoms with E-state index in [1.165, 1.54) is 11.3 Å². The Labute approximate surface area is 113 Å². The van der Waals surface area contributed by atoms with Gasteiger partial charge in [-0.25, -0.2) is 0 Å². The Morgan fingerprint density at radius 1 is 1.47 bits per heavy atom. The minimum Gasteiger partial charge on any atom is -0.297 e. The van der Waals surface area contributed by atoms with Crippen LogP contribution in [0.2, 0.25) is 0 Å². The Kier molecular flexibility index (Phi) is 5.05. The summed E-state index contributed by atoms with van der Waals surface area (Å²) in [5, 5.41) is 11.8. The number of alkyl halides is 4. The second-order valence-electron chi connectivity index (χ2n) is 2.39. The molecule has 9 heteroatoms. The van der Waals surface area contributed by atoms with Gasteiger partial charge >= 0.3 is 0 Å². The van der Waals surface area contributed by atoms with Crippen molar-refractivity contribution in [3.8, 4) is 0 Å². The van der Waals surface area contributed by atoms with Crippen LogP contribution in [0.1, 0.15) is 5.01 Å². The Morgan fingerprint density at radius 2 is 2.13 bits per heavy atom. The van der Waals surface area contributed by atoms with Crippen molar-refractivity contribution in [1.29, 1.82) is 0 Å². The Bertz CT molecular complexity index is 354. The van der Waals surface area contributed by atoms with Crippen LogP contribution >= 0.6 is 62.1 Å². The summed E-state index contributed by atoms with van der Waals surface area (Å²) in [6.07, 6.45) is 0.737. The Balaban J connectivity index is 2.61. The molecule has 1 amide bonds. The maximum absolute atomic E-state index is 11.2. The number of aromatic nitrogens is 2. The summed E-state index contributed by atoms with van der Waals surface area (Å²) in [4.78, 5) is 11.2. The van der Waals surface area contributed by atoms with Crippen molar-refractivity contribution in [2.24, 2.45) is 0 Å². The monoisotopic (exact) mass is 351 g/mol. The summed E-state index contributed by atoms with van der Waals surface area (Å²) in [6.45, 7) is 0. The predicted molar refractivity (Wildman–Crippen MR) is 66.3 cm³/mol. The average Bonchev–Trinajstić information content (AvgIpc) is 2.51. The van der Waals surface area contributed by atoms with Crippen molar-refractivity contribution in [2.45, 2.75) is 10.2 Å². The fourth-order valence-electron chi connectivity index (χ4n) is 0.654. The van der Waals surface area contributed by atoms with Crippen LogP contribution in [0.5, 0.6) is 0 Å².